The Bertz CT molecular complexity index is 940. The number of rotatable bonds is 5. The lowest BCUT2D eigenvalue weighted by atomic mass is 9.86. The van der Waals surface area contributed by atoms with Crippen LogP contribution in [0.4, 0.5) is 0 Å². The van der Waals surface area contributed by atoms with Crippen molar-refractivity contribution in [1.82, 2.24) is 0 Å². The van der Waals surface area contributed by atoms with Crippen LogP contribution in [0.1, 0.15) is 61.0 Å². The molecule has 1 nitrogen and oxygen atoms in total. The Morgan fingerprint density at radius 1 is 1.18 bits per heavy atom. The molecule has 0 bridgehead atoms. The molecule has 1 atom stereocenters. The van der Waals surface area contributed by atoms with E-state index < -0.39 is 8.07 Å². The molecular weight excluding hydrogens is 376 g/mol. The monoisotopic (exact) mass is 410 g/mol. The zero-order valence-electron chi connectivity index (χ0n) is 18.7. The van der Waals surface area contributed by atoms with Crippen molar-refractivity contribution in [2.45, 2.75) is 65.6 Å². The normalized spacial score (nSPS) is 17.1. The van der Waals surface area contributed by atoms with Gasteiger partial charge in [0.25, 0.3) is 0 Å². The smallest absolute Gasteiger partial charge is 0.122 e. The quantitative estimate of drug-likeness (QED) is 0.382. The first-order valence-electron chi connectivity index (χ1n) is 10.2. The van der Waals surface area contributed by atoms with Gasteiger partial charge in [-0.2, -0.15) is 0 Å². The van der Waals surface area contributed by atoms with Crippen LogP contribution in [0.2, 0.25) is 13.1 Å². The maximum Gasteiger partial charge on any atom is 0.122 e. The van der Waals surface area contributed by atoms with Gasteiger partial charge in [-0.05, 0) is 54.1 Å². The van der Waals surface area contributed by atoms with Crippen LogP contribution in [0.3, 0.4) is 0 Å². The fourth-order valence-electron chi connectivity index (χ4n) is 4.62. The molecule has 0 fully saturated rings. The van der Waals surface area contributed by atoms with Crippen LogP contribution in [-0.2, 0) is 5.41 Å². The average Bonchev–Trinajstić information content (AvgIpc) is 3.08. The predicted octanol–water partition coefficient (Wildman–Crippen LogP) is 6.96. The van der Waals surface area contributed by atoms with Gasteiger partial charge in [0.1, 0.15) is 12.4 Å². The standard InChI is InChI=1S/C25H34OSSi/c1-10-14-26-22-20(25(5,6)7)12-11-13-21(22)28(8,9)24-18(4)17(3)19-15-16(2)27-23(19)24/h10-13,15,24H,1,14H2,2-9H3. The Morgan fingerprint density at radius 3 is 2.46 bits per heavy atom. The highest BCUT2D eigenvalue weighted by molar-refractivity contribution is 7.13. The second-order valence-corrected chi connectivity index (χ2v) is 15.5. The number of thiophene rings is 1. The summed E-state index contributed by atoms with van der Waals surface area (Å²) in [5.41, 5.74) is 6.36. The molecule has 1 unspecified atom stereocenters. The molecule has 1 aromatic carbocycles. The first-order valence-corrected chi connectivity index (χ1v) is 14.0. The molecule has 0 amide bonds. The van der Waals surface area contributed by atoms with Crippen LogP contribution >= 0.6 is 11.3 Å². The molecule has 0 saturated carbocycles. The molecular formula is C25H34OSSi. The first kappa shape index (κ1) is 21.1. The van der Waals surface area contributed by atoms with E-state index >= 15 is 0 Å². The Balaban J connectivity index is 2.21. The maximum atomic E-state index is 6.35. The van der Waals surface area contributed by atoms with Crippen LogP contribution < -0.4 is 9.92 Å². The van der Waals surface area contributed by atoms with E-state index in [2.05, 4.69) is 85.5 Å². The minimum Gasteiger partial charge on any atom is -0.489 e. The summed E-state index contributed by atoms with van der Waals surface area (Å²) in [6, 6.07) is 9.16. The summed E-state index contributed by atoms with van der Waals surface area (Å²) in [5.74, 6) is 1.10. The van der Waals surface area contributed by atoms with Gasteiger partial charge in [-0.3, -0.25) is 0 Å². The van der Waals surface area contributed by atoms with Gasteiger partial charge in [0, 0.05) is 15.3 Å². The van der Waals surface area contributed by atoms with Gasteiger partial charge in [-0.15, -0.1) is 11.3 Å². The summed E-state index contributed by atoms with van der Waals surface area (Å²) in [5, 5.41) is 1.43. The third kappa shape index (κ3) is 3.44. The number of para-hydroxylation sites is 1. The third-order valence-corrected chi connectivity index (χ3v) is 11.4. The van der Waals surface area contributed by atoms with Gasteiger partial charge < -0.3 is 4.74 Å². The number of benzene rings is 1. The lowest BCUT2D eigenvalue weighted by Gasteiger charge is -2.35. The topological polar surface area (TPSA) is 9.23 Å². The molecule has 0 spiro atoms. The molecule has 1 aromatic heterocycles. The molecule has 1 aliphatic carbocycles. The van der Waals surface area contributed by atoms with E-state index in [1.165, 1.54) is 26.8 Å². The van der Waals surface area contributed by atoms with Gasteiger partial charge in [-0.1, -0.05) is 70.3 Å². The molecule has 0 aliphatic heterocycles. The highest BCUT2D eigenvalue weighted by Crippen LogP contribution is 2.50. The Kier molecular flexibility index (Phi) is 5.54. The van der Waals surface area contributed by atoms with E-state index in [9.17, 15) is 0 Å². The molecule has 3 heteroatoms. The molecule has 28 heavy (non-hydrogen) atoms. The summed E-state index contributed by atoms with van der Waals surface area (Å²) >= 11 is 1.98. The van der Waals surface area contributed by atoms with Crippen LogP contribution in [0.25, 0.3) is 5.57 Å². The molecule has 0 N–H and O–H groups in total. The fraction of sp³-hybridized carbons (Fsp3) is 0.440. The summed E-state index contributed by atoms with van der Waals surface area (Å²) in [6.45, 7) is 23.1. The summed E-state index contributed by atoms with van der Waals surface area (Å²) < 4.78 is 6.35. The first-order chi connectivity index (χ1) is 13.0. The van der Waals surface area contributed by atoms with E-state index in [4.69, 9.17) is 4.74 Å². The fourth-order valence-corrected chi connectivity index (χ4v) is 10.6. The van der Waals surface area contributed by atoms with Gasteiger partial charge in [0.2, 0.25) is 0 Å². The lowest BCUT2D eigenvalue weighted by molar-refractivity contribution is 0.354. The van der Waals surface area contributed by atoms with Crippen molar-refractivity contribution in [3.63, 3.8) is 0 Å². The van der Waals surface area contributed by atoms with Gasteiger partial charge in [0.05, 0.1) is 8.07 Å². The van der Waals surface area contributed by atoms with Crippen LogP contribution in [-0.4, -0.2) is 14.7 Å². The molecule has 1 aliphatic rings. The molecule has 0 saturated heterocycles. The molecule has 150 valence electrons. The van der Waals surface area contributed by atoms with Crippen molar-refractivity contribution >= 4 is 30.2 Å². The van der Waals surface area contributed by atoms with E-state index in [1.54, 1.807) is 10.5 Å². The number of allylic oxidation sites excluding steroid dienone is 2. The molecule has 1 heterocycles. The Labute approximate surface area is 176 Å². The van der Waals surface area contributed by atoms with Crippen molar-refractivity contribution < 1.29 is 4.74 Å². The number of aryl methyl sites for hydroxylation is 1. The summed E-state index contributed by atoms with van der Waals surface area (Å²) in [4.78, 5) is 2.98. The van der Waals surface area contributed by atoms with Crippen LogP contribution in [0.15, 0.2) is 42.5 Å². The predicted molar refractivity (Wildman–Crippen MR) is 128 cm³/mol. The van der Waals surface area contributed by atoms with E-state index in [0.717, 1.165) is 5.75 Å². The van der Waals surface area contributed by atoms with Crippen molar-refractivity contribution in [3.05, 3.63) is 63.4 Å². The van der Waals surface area contributed by atoms with Crippen molar-refractivity contribution in [3.8, 4) is 5.75 Å². The number of hydrogen-bond acceptors (Lipinski definition) is 2. The maximum absolute atomic E-state index is 6.35. The molecule has 2 aromatic rings. The zero-order valence-corrected chi connectivity index (χ0v) is 20.5. The minimum atomic E-state index is -1.90. The Morgan fingerprint density at radius 2 is 1.86 bits per heavy atom. The number of hydrogen-bond donors (Lipinski definition) is 0. The Hall–Kier alpha value is -1.58. The number of fused-ring (bicyclic) bond motifs is 1. The van der Waals surface area contributed by atoms with E-state index in [-0.39, 0.29) is 5.41 Å². The second-order valence-electron chi connectivity index (χ2n) is 9.63. The molecule has 0 radical (unpaired) electrons. The van der Waals surface area contributed by atoms with Crippen molar-refractivity contribution in [2.75, 3.05) is 6.61 Å². The van der Waals surface area contributed by atoms with Crippen LogP contribution in [0.5, 0.6) is 5.75 Å². The number of ether oxygens (including phenoxy) is 1. The minimum absolute atomic E-state index is 0.0398. The summed E-state index contributed by atoms with van der Waals surface area (Å²) in [7, 11) is -1.90. The zero-order chi connectivity index (χ0) is 20.9. The SMILES string of the molecule is C=CCOc1c(C(C)(C)C)cccc1[Si](C)(C)C1C(C)=C(C)c2cc(C)sc21. The highest BCUT2D eigenvalue weighted by atomic mass is 32.1. The van der Waals surface area contributed by atoms with E-state index in [0.29, 0.717) is 12.1 Å². The van der Waals surface area contributed by atoms with Crippen LogP contribution in [0, 0.1) is 6.92 Å². The largest absolute Gasteiger partial charge is 0.489 e. The molecule has 3 rings (SSSR count). The second kappa shape index (κ2) is 7.35. The van der Waals surface area contributed by atoms with Gasteiger partial charge in [-0.25, -0.2) is 0 Å². The summed E-state index contributed by atoms with van der Waals surface area (Å²) in [6.07, 6.45) is 1.85. The van der Waals surface area contributed by atoms with Crippen molar-refractivity contribution in [2.24, 2.45) is 0 Å². The highest BCUT2D eigenvalue weighted by Gasteiger charge is 2.44. The average molecular weight is 411 g/mol. The van der Waals surface area contributed by atoms with Gasteiger partial charge >= 0.3 is 0 Å². The van der Waals surface area contributed by atoms with Gasteiger partial charge in [0.15, 0.2) is 0 Å². The lowest BCUT2D eigenvalue weighted by Crippen LogP contribution is -2.48. The third-order valence-electron chi connectivity index (χ3n) is 6.16. The van der Waals surface area contributed by atoms with Crippen molar-refractivity contribution in [1.29, 1.82) is 0 Å². The van der Waals surface area contributed by atoms with E-state index in [1.807, 2.05) is 17.4 Å².